The van der Waals surface area contributed by atoms with E-state index in [1.54, 1.807) is 0 Å². The summed E-state index contributed by atoms with van der Waals surface area (Å²) < 4.78 is 0. The first-order valence-corrected chi connectivity index (χ1v) is 7.00. The lowest BCUT2D eigenvalue weighted by molar-refractivity contribution is -0.134. The number of likely N-dealkylation sites (tertiary alicyclic amines) is 1. The summed E-state index contributed by atoms with van der Waals surface area (Å²) >= 11 is 0. The molecule has 0 saturated carbocycles. The van der Waals surface area contributed by atoms with Crippen molar-refractivity contribution < 1.29 is 4.79 Å². The van der Waals surface area contributed by atoms with E-state index in [-0.39, 0.29) is 0 Å². The van der Waals surface area contributed by atoms with Crippen LogP contribution in [0.15, 0.2) is 0 Å². The van der Waals surface area contributed by atoms with Crippen LogP contribution in [0.5, 0.6) is 0 Å². The lowest BCUT2D eigenvalue weighted by Gasteiger charge is -2.32. The molecule has 1 atom stereocenters. The normalized spacial score (nSPS) is 27.8. The highest BCUT2D eigenvalue weighted by molar-refractivity contribution is 5.78. The number of rotatable bonds is 2. The number of hydrogen-bond donors (Lipinski definition) is 1. The summed E-state index contributed by atoms with van der Waals surface area (Å²) in [5.41, 5.74) is 0. The fourth-order valence-corrected chi connectivity index (χ4v) is 2.80. The van der Waals surface area contributed by atoms with Crippen LogP contribution in [0, 0.1) is 0 Å². The molecule has 98 valence electrons. The SMILES string of the molecule is CC1CCCCCN1C(=O)CN1CCNCC1. The second-order valence-corrected chi connectivity index (χ2v) is 5.31. The van der Waals surface area contributed by atoms with Crippen molar-refractivity contribution in [2.45, 2.75) is 38.6 Å². The molecule has 2 aliphatic rings. The molecule has 4 nitrogen and oxygen atoms in total. The van der Waals surface area contributed by atoms with E-state index in [9.17, 15) is 4.79 Å². The first-order chi connectivity index (χ1) is 8.27. The van der Waals surface area contributed by atoms with Gasteiger partial charge in [0.25, 0.3) is 0 Å². The predicted octanol–water partition coefficient (Wildman–Crippen LogP) is 0.683. The van der Waals surface area contributed by atoms with Gasteiger partial charge in [-0.25, -0.2) is 0 Å². The molecule has 1 unspecified atom stereocenters. The molecule has 0 aromatic rings. The van der Waals surface area contributed by atoms with E-state index < -0.39 is 0 Å². The standard InChI is InChI=1S/C13H25N3O/c1-12-5-3-2-4-8-16(12)13(17)11-15-9-6-14-7-10-15/h12,14H,2-11H2,1H3. The summed E-state index contributed by atoms with van der Waals surface area (Å²) in [6, 6.07) is 0.438. The lowest BCUT2D eigenvalue weighted by Crippen LogP contribution is -2.50. The second-order valence-electron chi connectivity index (χ2n) is 5.31. The van der Waals surface area contributed by atoms with Gasteiger partial charge in [-0.05, 0) is 19.8 Å². The van der Waals surface area contributed by atoms with Crippen LogP contribution < -0.4 is 5.32 Å². The van der Waals surface area contributed by atoms with E-state index in [0.717, 1.165) is 32.7 Å². The number of nitrogens with one attached hydrogen (secondary N) is 1. The molecular weight excluding hydrogens is 214 g/mol. The Morgan fingerprint density at radius 1 is 1.18 bits per heavy atom. The summed E-state index contributed by atoms with van der Waals surface area (Å²) in [5, 5.41) is 3.32. The molecule has 1 N–H and O–H groups in total. The summed E-state index contributed by atoms with van der Waals surface area (Å²) in [4.78, 5) is 16.7. The number of hydrogen-bond acceptors (Lipinski definition) is 3. The zero-order chi connectivity index (χ0) is 12.1. The second kappa shape index (κ2) is 6.36. The average molecular weight is 239 g/mol. The molecule has 0 aromatic carbocycles. The number of piperazine rings is 1. The molecule has 1 amide bonds. The summed E-state index contributed by atoms with van der Waals surface area (Å²) in [5.74, 6) is 0.335. The number of carbonyl (C=O) groups excluding carboxylic acids is 1. The zero-order valence-corrected chi connectivity index (χ0v) is 11.0. The maximum atomic E-state index is 12.3. The van der Waals surface area contributed by atoms with E-state index in [1.165, 1.54) is 25.7 Å². The minimum absolute atomic E-state index is 0.335. The topological polar surface area (TPSA) is 35.6 Å². The molecular formula is C13H25N3O. The molecule has 2 rings (SSSR count). The maximum absolute atomic E-state index is 12.3. The Balaban J connectivity index is 1.84. The van der Waals surface area contributed by atoms with Crippen LogP contribution in [-0.2, 0) is 4.79 Å². The highest BCUT2D eigenvalue weighted by atomic mass is 16.2. The van der Waals surface area contributed by atoms with E-state index >= 15 is 0 Å². The van der Waals surface area contributed by atoms with Crippen molar-refractivity contribution in [2.24, 2.45) is 0 Å². The van der Waals surface area contributed by atoms with Gasteiger partial charge in [-0.3, -0.25) is 9.69 Å². The Bertz CT molecular complexity index is 251. The first-order valence-electron chi connectivity index (χ1n) is 7.00. The molecule has 2 saturated heterocycles. The van der Waals surface area contributed by atoms with Crippen molar-refractivity contribution in [3.63, 3.8) is 0 Å². The van der Waals surface area contributed by atoms with Crippen molar-refractivity contribution in [2.75, 3.05) is 39.3 Å². The van der Waals surface area contributed by atoms with Crippen molar-refractivity contribution in [1.29, 1.82) is 0 Å². The Morgan fingerprint density at radius 2 is 1.94 bits per heavy atom. The van der Waals surface area contributed by atoms with Gasteiger partial charge in [-0.2, -0.15) is 0 Å². The Labute approximate surface area is 104 Å². The monoisotopic (exact) mass is 239 g/mol. The minimum Gasteiger partial charge on any atom is -0.339 e. The highest BCUT2D eigenvalue weighted by Gasteiger charge is 2.23. The Kier molecular flexibility index (Phi) is 4.80. The summed E-state index contributed by atoms with van der Waals surface area (Å²) in [7, 11) is 0. The number of amides is 1. The fourth-order valence-electron chi connectivity index (χ4n) is 2.80. The number of nitrogens with zero attached hydrogens (tertiary/aromatic N) is 2. The predicted molar refractivity (Wildman–Crippen MR) is 69.0 cm³/mol. The molecule has 0 aliphatic carbocycles. The molecule has 0 aromatic heterocycles. The molecule has 2 fully saturated rings. The highest BCUT2D eigenvalue weighted by Crippen LogP contribution is 2.16. The molecule has 4 heteroatoms. The van der Waals surface area contributed by atoms with Crippen LogP contribution in [-0.4, -0.2) is 61.0 Å². The molecule has 17 heavy (non-hydrogen) atoms. The Hall–Kier alpha value is -0.610. The van der Waals surface area contributed by atoms with Gasteiger partial charge in [0.1, 0.15) is 0 Å². The van der Waals surface area contributed by atoms with Gasteiger partial charge in [0.2, 0.25) is 5.91 Å². The van der Waals surface area contributed by atoms with Crippen molar-refractivity contribution in [3.8, 4) is 0 Å². The van der Waals surface area contributed by atoms with Gasteiger partial charge in [0.15, 0.2) is 0 Å². The van der Waals surface area contributed by atoms with Gasteiger partial charge >= 0.3 is 0 Å². The van der Waals surface area contributed by atoms with Crippen LogP contribution in [0.25, 0.3) is 0 Å². The smallest absolute Gasteiger partial charge is 0.236 e. The third-order valence-electron chi connectivity index (χ3n) is 3.94. The quantitative estimate of drug-likeness (QED) is 0.770. The van der Waals surface area contributed by atoms with Gasteiger partial charge in [-0.1, -0.05) is 12.8 Å². The van der Waals surface area contributed by atoms with Gasteiger partial charge in [-0.15, -0.1) is 0 Å². The van der Waals surface area contributed by atoms with Crippen molar-refractivity contribution in [3.05, 3.63) is 0 Å². The van der Waals surface area contributed by atoms with Gasteiger partial charge < -0.3 is 10.2 Å². The Morgan fingerprint density at radius 3 is 2.71 bits per heavy atom. The molecule has 2 aliphatic heterocycles. The minimum atomic E-state index is 0.335. The van der Waals surface area contributed by atoms with Crippen LogP contribution in [0.2, 0.25) is 0 Å². The first kappa shape index (κ1) is 12.8. The van der Waals surface area contributed by atoms with E-state index in [0.29, 0.717) is 18.5 Å². The van der Waals surface area contributed by atoms with Crippen molar-refractivity contribution >= 4 is 5.91 Å². The van der Waals surface area contributed by atoms with Crippen LogP contribution >= 0.6 is 0 Å². The molecule has 2 heterocycles. The van der Waals surface area contributed by atoms with Crippen LogP contribution in [0.4, 0.5) is 0 Å². The fraction of sp³-hybridized carbons (Fsp3) is 0.923. The van der Waals surface area contributed by atoms with Gasteiger partial charge in [0.05, 0.1) is 6.54 Å². The maximum Gasteiger partial charge on any atom is 0.236 e. The van der Waals surface area contributed by atoms with Crippen molar-refractivity contribution in [1.82, 2.24) is 15.1 Å². The van der Waals surface area contributed by atoms with Crippen LogP contribution in [0.1, 0.15) is 32.6 Å². The van der Waals surface area contributed by atoms with E-state index in [4.69, 9.17) is 0 Å². The number of carbonyl (C=O) groups is 1. The van der Waals surface area contributed by atoms with Crippen LogP contribution in [0.3, 0.4) is 0 Å². The zero-order valence-electron chi connectivity index (χ0n) is 11.0. The molecule has 0 bridgehead atoms. The van der Waals surface area contributed by atoms with E-state index in [2.05, 4.69) is 22.0 Å². The third-order valence-corrected chi connectivity index (χ3v) is 3.94. The summed E-state index contributed by atoms with van der Waals surface area (Å²) in [6.45, 7) is 7.83. The lowest BCUT2D eigenvalue weighted by atomic mass is 10.1. The average Bonchev–Trinajstić information content (AvgIpc) is 2.55. The largest absolute Gasteiger partial charge is 0.339 e. The molecule has 0 radical (unpaired) electrons. The van der Waals surface area contributed by atoms with Gasteiger partial charge in [0, 0.05) is 38.8 Å². The van der Waals surface area contributed by atoms with E-state index in [1.807, 2.05) is 0 Å². The molecule has 0 spiro atoms. The summed E-state index contributed by atoms with van der Waals surface area (Å²) in [6.07, 6.45) is 4.91. The third kappa shape index (κ3) is 3.68.